The Labute approximate surface area is 391 Å². The fourth-order valence-corrected chi connectivity index (χ4v) is 8.28. The minimum atomic E-state index is -1.27. The van der Waals surface area contributed by atoms with Crippen molar-refractivity contribution in [2.24, 2.45) is 0 Å². The first-order valence-electron chi connectivity index (χ1n) is 20.6. The van der Waals surface area contributed by atoms with Crippen molar-refractivity contribution in [2.45, 2.75) is 32.4 Å². The number of ether oxygens (including phenoxy) is 3. The molecule has 0 radical (unpaired) electrons. The fourth-order valence-electron chi connectivity index (χ4n) is 7.08. The van der Waals surface area contributed by atoms with Gasteiger partial charge in [-0.05, 0) is 77.8 Å². The van der Waals surface area contributed by atoms with Crippen LogP contribution in [0.4, 0.5) is 0 Å². The highest BCUT2D eigenvalue weighted by atomic mass is 35.5. The number of carbonyl (C=O) groups excluding carboxylic acids is 1. The van der Waals surface area contributed by atoms with Gasteiger partial charge in [-0.15, -0.1) is 0 Å². The number of rotatable bonds is 13. The van der Waals surface area contributed by atoms with E-state index in [-0.39, 0.29) is 39.6 Å². The molecule has 0 atom stereocenters. The first kappa shape index (κ1) is 47.0. The molecule has 0 spiro atoms. The van der Waals surface area contributed by atoms with Gasteiger partial charge < -0.3 is 34.4 Å². The van der Waals surface area contributed by atoms with Crippen LogP contribution >= 0.6 is 23.2 Å². The second-order valence-electron chi connectivity index (χ2n) is 16.6. The SMILES string of the molecule is COc1ccccc1-c1n[nH]c2ncc(-c3cc(Cl)c(O)c(C(=O)N(C)C)c3)cc12.COc1ccccc1-c1nn(COCC[Si](C)(C)C)c2ncc(-c3cc(Cl)c(O)c(C(=O)O)c3)cc12. The summed E-state index contributed by atoms with van der Waals surface area (Å²) < 4.78 is 18.7. The molecule has 0 unspecified atom stereocenters. The monoisotopic (exact) mass is 947 g/mol. The molecule has 4 aromatic heterocycles. The number of halogens is 2. The van der Waals surface area contributed by atoms with Crippen molar-refractivity contribution in [2.75, 3.05) is 34.9 Å². The lowest BCUT2D eigenvalue weighted by Crippen LogP contribution is -2.22. The van der Waals surface area contributed by atoms with E-state index in [1.54, 1.807) is 57.5 Å². The molecule has 4 N–H and O–H groups in total. The van der Waals surface area contributed by atoms with Gasteiger partial charge in [-0.2, -0.15) is 10.2 Å². The number of pyridine rings is 2. The minimum Gasteiger partial charge on any atom is -0.506 e. The van der Waals surface area contributed by atoms with Crippen LogP contribution in [0.2, 0.25) is 35.7 Å². The summed E-state index contributed by atoms with van der Waals surface area (Å²) in [6, 6.07) is 26.1. The van der Waals surface area contributed by atoms with Crippen LogP contribution in [0.5, 0.6) is 23.0 Å². The average molecular weight is 949 g/mol. The van der Waals surface area contributed by atoms with E-state index in [4.69, 9.17) is 42.5 Å². The number of phenols is 2. The average Bonchev–Trinajstić information content (AvgIpc) is 3.89. The summed E-state index contributed by atoms with van der Waals surface area (Å²) in [4.78, 5) is 34.5. The van der Waals surface area contributed by atoms with Gasteiger partial charge in [0, 0.05) is 74.2 Å². The van der Waals surface area contributed by atoms with Crippen LogP contribution in [0.15, 0.2) is 97.3 Å². The number of carboxylic acids is 1. The molecule has 18 heteroatoms. The summed E-state index contributed by atoms with van der Waals surface area (Å²) in [7, 11) is 5.21. The van der Waals surface area contributed by atoms with Crippen molar-refractivity contribution in [3.63, 3.8) is 0 Å². The van der Waals surface area contributed by atoms with Crippen LogP contribution in [0.1, 0.15) is 20.7 Å². The zero-order chi connectivity index (χ0) is 47.4. The molecule has 0 aliphatic heterocycles. The Morgan fingerprint density at radius 3 is 1.86 bits per heavy atom. The smallest absolute Gasteiger partial charge is 0.339 e. The number of carboxylic acid groups (broad SMARTS) is 1. The number of hydrogen-bond donors (Lipinski definition) is 4. The zero-order valence-electron chi connectivity index (χ0n) is 37.2. The molecule has 15 nitrogen and oxygen atoms in total. The quantitative estimate of drug-likeness (QED) is 0.0631. The van der Waals surface area contributed by atoms with Gasteiger partial charge >= 0.3 is 5.97 Å². The summed E-state index contributed by atoms with van der Waals surface area (Å²) in [5.41, 5.74) is 6.59. The first-order valence-corrected chi connectivity index (χ1v) is 25.0. The maximum atomic E-state index is 12.4. The molecule has 4 heterocycles. The van der Waals surface area contributed by atoms with Gasteiger partial charge in [0.15, 0.2) is 11.3 Å². The lowest BCUT2D eigenvalue weighted by atomic mass is 10.0. The number of H-pyrrole nitrogens is 1. The molecule has 4 aromatic carbocycles. The van der Waals surface area contributed by atoms with Crippen LogP contribution in [-0.4, -0.2) is 105 Å². The zero-order valence-corrected chi connectivity index (χ0v) is 39.7. The standard InChI is InChI=1S/C26H28ClN3O5Si.C22H19ClN4O3/c1-34-22-8-6-5-7-18(22)23-19-12-17(16-11-20(26(32)33)24(31)21(27)13-16)14-28-25(19)30(29-23)15-35-9-10-36(2,3)4;1-27(2)22(29)16-8-12(10-17(23)20(16)28)13-9-15-19(25-26-21(15)24-11-13)14-6-4-5-7-18(14)30-3/h5-8,11-14,31H,9-10,15H2,1-4H3,(H,32,33);4-11,28H,1-3H3,(H,24,25,26). The number of benzene rings is 4. The highest BCUT2D eigenvalue weighted by molar-refractivity contribution is 6.76. The van der Waals surface area contributed by atoms with Crippen molar-refractivity contribution in [1.29, 1.82) is 0 Å². The van der Waals surface area contributed by atoms with Gasteiger partial charge in [0.25, 0.3) is 5.91 Å². The number of para-hydroxylation sites is 2. The van der Waals surface area contributed by atoms with Gasteiger partial charge in [-0.3, -0.25) is 9.89 Å². The molecule has 0 aliphatic rings. The highest BCUT2D eigenvalue weighted by Crippen LogP contribution is 2.40. The number of carbonyl (C=O) groups is 2. The van der Waals surface area contributed by atoms with Crippen molar-refractivity contribution in [3.05, 3.63) is 118 Å². The summed E-state index contributed by atoms with van der Waals surface area (Å²) in [5, 5.41) is 43.5. The Morgan fingerprint density at radius 2 is 1.29 bits per heavy atom. The van der Waals surface area contributed by atoms with Crippen LogP contribution < -0.4 is 9.47 Å². The molecular weight excluding hydrogens is 902 g/mol. The molecule has 8 aromatic rings. The predicted molar refractivity (Wildman–Crippen MR) is 259 cm³/mol. The van der Waals surface area contributed by atoms with Crippen LogP contribution in [0.3, 0.4) is 0 Å². The normalized spacial score (nSPS) is 11.3. The van der Waals surface area contributed by atoms with E-state index in [1.165, 1.54) is 17.0 Å². The van der Waals surface area contributed by atoms with Crippen molar-refractivity contribution in [3.8, 4) is 67.8 Å². The number of fused-ring (bicyclic) bond motifs is 2. The summed E-state index contributed by atoms with van der Waals surface area (Å²) >= 11 is 12.3. The summed E-state index contributed by atoms with van der Waals surface area (Å²) in [6.45, 7) is 7.79. The van der Waals surface area contributed by atoms with E-state index in [0.717, 1.165) is 33.5 Å². The van der Waals surface area contributed by atoms with E-state index >= 15 is 0 Å². The van der Waals surface area contributed by atoms with Gasteiger partial charge in [0.2, 0.25) is 0 Å². The van der Waals surface area contributed by atoms with Crippen molar-refractivity contribution in [1.82, 2.24) is 34.8 Å². The predicted octanol–water partition coefficient (Wildman–Crippen LogP) is 10.5. The number of aromatic hydroxyl groups is 2. The van der Waals surface area contributed by atoms with Crippen LogP contribution in [-0.2, 0) is 11.5 Å². The Morgan fingerprint density at radius 1 is 0.742 bits per heavy atom. The van der Waals surface area contributed by atoms with Crippen molar-refractivity contribution >= 4 is 65.2 Å². The number of phenolic OH excluding ortho intramolecular Hbond substituents is 1. The lowest BCUT2D eigenvalue weighted by Gasteiger charge is -2.15. The molecule has 0 fully saturated rings. The highest BCUT2D eigenvalue weighted by Gasteiger charge is 2.22. The number of methoxy groups -OCH3 is 2. The van der Waals surface area contributed by atoms with E-state index in [1.807, 2.05) is 60.7 Å². The Bertz CT molecular complexity index is 3110. The minimum absolute atomic E-state index is 0.0542. The third kappa shape index (κ3) is 9.96. The van der Waals surface area contributed by atoms with E-state index in [2.05, 4.69) is 39.8 Å². The summed E-state index contributed by atoms with van der Waals surface area (Å²) in [6.07, 6.45) is 3.29. The number of amides is 1. The molecule has 8 rings (SSSR count). The number of hydrogen-bond acceptors (Lipinski definition) is 11. The molecule has 0 bridgehead atoms. The second kappa shape index (κ2) is 19.6. The van der Waals surface area contributed by atoms with Gasteiger partial charge in [0.1, 0.15) is 46.7 Å². The van der Waals surface area contributed by atoms with E-state index in [0.29, 0.717) is 57.5 Å². The maximum Gasteiger partial charge on any atom is 0.339 e. The van der Waals surface area contributed by atoms with E-state index in [9.17, 15) is 24.9 Å². The van der Waals surface area contributed by atoms with Crippen LogP contribution in [0, 0.1) is 0 Å². The Balaban J connectivity index is 0.000000199. The molecule has 340 valence electrons. The number of nitrogens with zero attached hydrogens (tertiary/aromatic N) is 6. The molecule has 0 saturated heterocycles. The third-order valence-corrected chi connectivity index (χ3v) is 12.9. The lowest BCUT2D eigenvalue weighted by molar-refractivity contribution is 0.0693. The summed E-state index contributed by atoms with van der Waals surface area (Å²) in [5.74, 6) is -0.976. The molecule has 66 heavy (non-hydrogen) atoms. The fraction of sp³-hybridized carbons (Fsp3) is 0.208. The second-order valence-corrected chi connectivity index (χ2v) is 23.0. The molecule has 0 saturated carbocycles. The van der Waals surface area contributed by atoms with Gasteiger partial charge in [-0.1, -0.05) is 67.1 Å². The maximum absolute atomic E-state index is 12.4. The van der Waals surface area contributed by atoms with Gasteiger partial charge in [0.05, 0.1) is 29.8 Å². The Hall–Kier alpha value is -6.98. The third-order valence-electron chi connectivity index (χ3n) is 10.6. The number of aromatic carboxylic acids is 1. The molecular formula is C48H47Cl2N7O8Si. The molecule has 0 aliphatic carbocycles. The number of aromatic nitrogens is 6. The first-order chi connectivity index (χ1) is 31.5. The van der Waals surface area contributed by atoms with Crippen LogP contribution in [0.25, 0.3) is 66.8 Å². The molecule has 1 amide bonds. The Kier molecular flexibility index (Phi) is 14.0. The topological polar surface area (TPSA) is 198 Å². The number of aromatic amines is 1. The van der Waals surface area contributed by atoms with Gasteiger partial charge in [-0.25, -0.2) is 19.4 Å². The largest absolute Gasteiger partial charge is 0.506 e. The number of nitrogens with one attached hydrogen (secondary N) is 1. The van der Waals surface area contributed by atoms with Crippen molar-refractivity contribution < 1.29 is 39.1 Å². The van der Waals surface area contributed by atoms with E-state index < -0.39 is 19.8 Å².